The van der Waals surface area contributed by atoms with E-state index in [1.807, 2.05) is 0 Å². The SMILES string of the molecule is COC(=O)c1cc(S(=O)(=O)NCC(O)C2CC2)c(Br)s1. The Morgan fingerprint density at radius 2 is 2.30 bits per heavy atom. The first kappa shape index (κ1) is 15.9. The molecule has 0 aromatic carbocycles. The summed E-state index contributed by atoms with van der Waals surface area (Å²) in [6.07, 6.45) is 1.19. The van der Waals surface area contributed by atoms with Crippen molar-refractivity contribution in [2.45, 2.75) is 23.8 Å². The molecule has 1 aromatic heterocycles. The molecule has 0 radical (unpaired) electrons. The van der Waals surface area contributed by atoms with Crippen molar-refractivity contribution in [3.05, 3.63) is 14.7 Å². The maximum atomic E-state index is 12.1. The van der Waals surface area contributed by atoms with Crippen molar-refractivity contribution >= 4 is 43.3 Å². The minimum absolute atomic E-state index is 0.0223. The van der Waals surface area contributed by atoms with E-state index in [1.165, 1.54) is 13.2 Å². The summed E-state index contributed by atoms with van der Waals surface area (Å²) in [4.78, 5) is 11.6. The Balaban J connectivity index is 2.12. The average Bonchev–Trinajstić information content (AvgIpc) is 3.17. The number of hydrogen-bond acceptors (Lipinski definition) is 6. The molecule has 2 N–H and O–H groups in total. The smallest absolute Gasteiger partial charge is 0.348 e. The first-order valence-corrected chi connectivity index (χ1v) is 9.00. The van der Waals surface area contributed by atoms with Crippen molar-refractivity contribution in [3.8, 4) is 0 Å². The van der Waals surface area contributed by atoms with E-state index < -0.39 is 22.1 Å². The van der Waals surface area contributed by atoms with Crippen molar-refractivity contribution in [1.29, 1.82) is 0 Å². The molecule has 1 unspecified atom stereocenters. The van der Waals surface area contributed by atoms with Gasteiger partial charge >= 0.3 is 5.97 Å². The van der Waals surface area contributed by atoms with Crippen LogP contribution in [0, 0.1) is 5.92 Å². The topological polar surface area (TPSA) is 92.7 Å². The van der Waals surface area contributed by atoms with Gasteiger partial charge in [-0.15, -0.1) is 11.3 Å². The van der Waals surface area contributed by atoms with Crippen LogP contribution in [0.3, 0.4) is 0 Å². The van der Waals surface area contributed by atoms with Crippen LogP contribution in [0.15, 0.2) is 14.7 Å². The van der Waals surface area contributed by atoms with Crippen LogP contribution in [-0.2, 0) is 14.8 Å². The highest BCUT2D eigenvalue weighted by Crippen LogP contribution is 2.34. The van der Waals surface area contributed by atoms with Gasteiger partial charge in [-0.05, 0) is 40.8 Å². The van der Waals surface area contributed by atoms with Crippen LogP contribution in [0.25, 0.3) is 0 Å². The number of ether oxygens (including phenoxy) is 1. The van der Waals surface area contributed by atoms with Crippen LogP contribution < -0.4 is 4.72 Å². The van der Waals surface area contributed by atoms with Gasteiger partial charge in [-0.2, -0.15) is 0 Å². The van der Waals surface area contributed by atoms with Crippen molar-refractivity contribution < 1.29 is 23.1 Å². The monoisotopic (exact) mass is 383 g/mol. The lowest BCUT2D eigenvalue weighted by Gasteiger charge is -2.10. The van der Waals surface area contributed by atoms with Gasteiger partial charge in [0.25, 0.3) is 0 Å². The van der Waals surface area contributed by atoms with E-state index in [1.54, 1.807) is 0 Å². The number of hydrogen-bond donors (Lipinski definition) is 2. The molecule has 6 nitrogen and oxygen atoms in total. The van der Waals surface area contributed by atoms with Crippen molar-refractivity contribution in [2.24, 2.45) is 5.92 Å². The summed E-state index contributed by atoms with van der Waals surface area (Å²) in [6, 6.07) is 1.26. The second-order valence-corrected chi connectivity index (χ2v) is 8.60. The summed E-state index contributed by atoms with van der Waals surface area (Å²) in [7, 11) is -2.54. The lowest BCUT2D eigenvalue weighted by atomic mass is 10.2. The maximum absolute atomic E-state index is 12.1. The number of rotatable bonds is 6. The number of aliphatic hydroxyl groups excluding tert-OH is 1. The van der Waals surface area contributed by atoms with Gasteiger partial charge in [-0.1, -0.05) is 0 Å². The zero-order valence-corrected chi connectivity index (χ0v) is 13.8. The Hall–Kier alpha value is -0.480. The van der Waals surface area contributed by atoms with Gasteiger partial charge in [-0.25, -0.2) is 17.9 Å². The van der Waals surface area contributed by atoms with Gasteiger partial charge in [0.05, 0.1) is 17.0 Å². The van der Waals surface area contributed by atoms with E-state index in [9.17, 15) is 18.3 Å². The van der Waals surface area contributed by atoms with E-state index in [2.05, 4.69) is 25.4 Å². The largest absolute Gasteiger partial charge is 0.465 e. The molecular weight excluding hydrogens is 370 g/mol. The molecule has 112 valence electrons. The van der Waals surface area contributed by atoms with Gasteiger partial charge in [0, 0.05) is 6.54 Å². The Kier molecular flexibility index (Phi) is 4.85. The Morgan fingerprint density at radius 3 is 2.85 bits per heavy atom. The summed E-state index contributed by atoms with van der Waals surface area (Å²) in [5.74, 6) is -0.399. The highest BCUT2D eigenvalue weighted by molar-refractivity contribution is 9.11. The zero-order valence-electron chi connectivity index (χ0n) is 10.6. The molecule has 0 spiro atoms. The summed E-state index contributed by atoms with van der Waals surface area (Å²) in [5, 5.41) is 9.69. The van der Waals surface area contributed by atoms with Crippen LogP contribution in [0.5, 0.6) is 0 Å². The fourth-order valence-corrected chi connectivity index (χ4v) is 5.19. The predicted molar refractivity (Wildman–Crippen MR) is 77.3 cm³/mol. The third-order valence-corrected chi connectivity index (χ3v) is 6.64. The highest BCUT2D eigenvalue weighted by atomic mass is 79.9. The molecule has 1 fully saturated rings. The summed E-state index contributed by atoms with van der Waals surface area (Å²) in [6.45, 7) is -0.0250. The molecule has 1 heterocycles. The van der Waals surface area contributed by atoms with Crippen LogP contribution in [-0.4, -0.2) is 39.3 Å². The third-order valence-electron chi connectivity index (χ3n) is 2.98. The Labute approximate surface area is 129 Å². The van der Waals surface area contributed by atoms with Gasteiger partial charge in [-0.3, -0.25) is 0 Å². The van der Waals surface area contributed by atoms with E-state index >= 15 is 0 Å². The molecule has 9 heteroatoms. The second kappa shape index (κ2) is 6.10. The van der Waals surface area contributed by atoms with Gasteiger partial charge in [0.2, 0.25) is 10.0 Å². The molecule has 20 heavy (non-hydrogen) atoms. The normalized spacial score (nSPS) is 16.9. The lowest BCUT2D eigenvalue weighted by molar-refractivity contribution is 0.0606. The molecule has 1 aliphatic rings. The van der Waals surface area contributed by atoms with Crippen molar-refractivity contribution in [3.63, 3.8) is 0 Å². The number of halogens is 1. The van der Waals surface area contributed by atoms with E-state index in [4.69, 9.17) is 0 Å². The molecule has 0 saturated heterocycles. The van der Waals surface area contributed by atoms with Crippen LogP contribution >= 0.6 is 27.3 Å². The van der Waals surface area contributed by atoms with E-state index in [0.717, 1.165) is 24.2 Å². The van der Waals surface area contributed by atoms with Gasteiger partial charge in [0.15, 0.2) is 0 Å². The molecule has 2 rings (SSSR count). The molecular formula is C11H14BrNO5S2. The predicted octanol–water partition coefficient (Wildman–Crippen LogP) is 1.35. The number of sulfonamides is 1. The number of carbonyl (C=O) groups is 1. The van der Waals surface area contributed by atoms with Gasteiger partial charge < -0.3 is 9.84 Å². The minimum atomic E-state index is -3.77. The summed E-state index contributed by atoms with van der Waals surface area (Å²) >= 11 is 4.12. The molecule has 1 aromatic rings. The van der Waals surface area contributed by atoms with Crippen LogP contribution in [0.1, 0.15) is 22.5 Å². The Morgan fingerprint density at radius 1 is 1.65 bits per heavy atom. The number of methoxy groups -OCH3 is 1. The first-order valence-electron chi connectivity index (χ1n) is 5.90. The number of thiophene rings is 1. The molecule has 1 saturated carbocycles. The number of nitrogens with one attached hydrogen (secondary N) is 1. The van der Waals surface area contributed by atoms with Gasteiger partial charge in [0.1, 0.15) is 9.77 Å². The number of carbonyl (C=O) groups excluding carboxylic acids is 1. The number of aliphatic hydroxyl groups is 1. The fraction of sp³-hybridized carbons (Fsp3) is 0.545. The lowest BCUT2D eigenvalue weighted by Crippen LogP contribution is -2.33. The molecule has 0 aliphatic heterocycles. The molecule has 1 atom stereocenters. The van der Waals surface area contributed by atoms with E-state index in [0.29, 0.717) is 3.79 Å². The molecule has 0 amide bonds. The third kappa shape index (κ3) is 3.59. The standard InChI is InChI=1S/C11H14BrNO5S2/c1-18-11(15)8-4-9(10(12)19-8)20(16,17)13-5-7(14)6-2-3-6/h4,6-7,13-14H,2-3,5H2,1H3. The Bertz CT molecular complexity index is 608. The molecule has 0 bridgehead atoms. The quantitative estimate of drug-likeness (QED) is 0.723. The van der Waals surface area contributed by atoms with Crippen molar-refractivity contribution in [2.75, 3.05) is 13.7 Å². The van der Waals surface area contributed by atoms with Crippen LogP contribution in [0.2, 0.25) is 0 Å². The van der Waals surface area contributed by atoms with Crippen LogP contribution in [0.4, 0.5) is 0 Å². The zero-order chi connectivity index (χ0) is 14.9. The fourth-order valence-electron chi connectivity index (χ4n) is 1.66. The maximum Gasteiger partial charge on any atom is 0.348 e. The minimum Gasteiger partial charge on any atom is -0.465 e. The second-order valence-electron chi connectivity index (χ2n) is 4.50. The summed E-state index contributed by atoms with van der Waals surface area (Å²) < 4.78 is 31.5. The first-order chi connectivity index (χ1) is 9.35. The van der Waals surface area contributed by atoms with Crippen molar-refractivity contribution in [1.82, 2.24) is 4.72 Å². The highest BCUT2D eigenvalue weighted by Gasteiger charge is 2.31. The average molecular weight is 384 g/mol. The number of esters is 1. The molecule has 1 aliphatic carbocycles. The van der Waals surface area contributed by atoms with E-state index in [-0.39, 0.29) is 22.2 Å². The summed E-state index contributed by atoms with van der Waals surface area (Å²) in [5.41, 5.74) is 0.